The van der Waals surface area contributed by atoms with E-state index in [1.807, 2.05) is 31.2 Å². The van der Waals surface area contributed by atoms with Crippen molar-refractivity contribution in [2.24, 2.45) is 10.9 Å². The first-order valence-corrected chi connectivity index (χ1v) is 9.23. The minimum Gasteiger partial charge on any atom is -0.343 e. The standard InChI is InChI=1S/C19H26N6/c1-13-7-3-6-10-17(13)25-11-20-18(21-12-25)24-19-22-14(2)15-8-4-5-9-16(15)23-19/h4-5,8-9,13,17H,3,6-7,10-12H2,1-2H3,(H2,20,21,22,23,24)/t13-,17+/m0/s1. The lowest BCUT2D eigenvalue weighted by molar-refractivity contribution is 0.107. The molecule has 2 atom stereocenters. The Morgan fingerprint density at radius 3 is 2.80 bits per heavy atom. The zero-order valence-electron chi connectivity index (χ0n) is 15.0. The van der Waals surface area contributed by atoms with Crippen LogP contribution in [0, 0.1) is 12.8 Å². The van der Waals surface area contributed by atoms with E-state index in [-0.39, 0.29) is 0 Å². The maximum atomic E-state index is 4.67. The molecule has 0 saturated heterocycles. The largest absolute Gasteiger partial charge is 0.343 e. The van der Waals surface area contributed by atoms with Gasteiger partial charge in [-0.25, -0.2) is 15.0 Å². The van der Waals surface area contributed by atoms with Crippen LogP contribution in [0.4, 0.5) is 5.95 Å². The summed E-state index contributed by atoms with van der Waals surface area (Å²) >= 11 is 0. The molecule has 132 valence electrons. The van der Waals surface area contributed by atoms with Crippen molar-refractivity contribution in [2.45, 2.75) is 45.6 Å². The molecule has 1 aromatic heterocycles. The highest BCUT2D eigenvalue weighted by Crippen LogP contribution is 2.28. The molecule has 2 aliphatic rings. The van der Waals surface area contributed by atoms with E-state index in [1.165, 1.54) is 25.7 Å². The zero-order chi connectivity index (χ0) is 17.2. The molecule has 0 amide bonds. The number of fused-ring (bicyclic) bond motifs is 1. The summed E-state index contributed by atoms with van der Waals surface area (Å²) in [5.41, 5.74) is 1.92. The number of nitrogens with zero attached hydrogens (tertiary/aromatic N) is 4. The number of hydrogen-bond donors (Lipinski definition) is 2. The number of guanidine groups is 1. The average molecular weight is 338 g/mol. The van der Waals surface area contributed by atoms with Crippen molar-refractivity contribution >= 4 is 22.8 Å². The number of benzene rings is 1. The molecular weight excluding hydrogens is 312 g/mol. The van der Waals surface area contributed by atoms with Gasteiger partial charge in [0.05, 0.1) is 24.5 Å². The summed E-state index contributed by atoms with van der Waals surface area (Å²) in [5, 5.41) is 7.71. The predicted octanol–water partition coefficient (Wildman–Crippen LogP) is 3.11. The fraction of sp³-hybridized carbons (Fsp3) is 0.526. The third-order valence-corrected chi connectivity index (χ3v) is 5.42. The molecule has 1 aliphatic heterocycles. The van der Waals surface area contributed by atoms with E-state index in [1.54, 1.807) is 0 Å². The summed E-state index contributed by atoms with van der Waals surface area (Å²) in [5.74, 6) is 2.11. The van der Waals surface area contributed by atoms with Gasteiger partial charge in [0.2, 0.25) is 11.9 Å². The van der Waals surface area contributed by atoms with Crippen molar-refractivity contribution in [3.8, 4) is 0 Å². The van der Waals surface area contributed by atoms with Gasteiger partial charge in [-0.1, -0.05) is 38.0 Å². The van der Waals surface area contributed by atoms with Crippen LogP contribution in [-0.2, 0) is 0 Å². The van der Waals surface area contributed by atoms with Gasteiger partial charge < -0.3 is 5.32 Å². The smallest absolute Gasteiger partial charge is 0.230 e. The number of aliphatic imine (C=N–C) groups is 1. The lowest BCUT2D eigenvalue weighted by atomic mass is 9.85. The topological polar surface area (TPSA) is 65.4 Å². The summed E-state index contributed by atoms with van der Waals surface area (Å²) in [4.78, 5) is 16.3. The molecule has 2 N–H and O–H groups in total. The average Bonchev–Trinajstić information content (AvgIpc) is 2.63. The molecule has 6 heteroatoms. The molecule has 0 spiro atoms. The van der Waals surface area contributed by atoms with Gasteiger partial charge in [-0.05, 0) is 31.7 Å². The number of rotatable bonds is 2. The maximum Gasteiger partial charge on any atom is 0.230 e. The van der Waals surface area contributed by atoms with Crippen molar-refractivity contribution in [3.63, 3.8) is 0 Å². The fourth-order valence-corrected chi connectivity index (χ4v) is 3.99. The van der Waals surface area contributed by atoms with Gasteiger partial charge in [-0.15, -0.1) is 0 Å². The van der Waals surface area contributed by atoms with E-state index >= 15 is 0 Å². The van der Waals surface area contributed by atoms with E-state index in [0.29, 0.717) is 12.0 Å². The first-order valence-electron chi connectivity index (χ1n) is 9.23. The highest BCUT2D eigenvalue weighted by Gasteiger charge is 2.28. The molecule has 4 rings (SSSR count). The molecule has 1 fully saturated rings. The van der Waals surface area contributed by atoms with Crippen LogP contribution in [0.5, 0.6) is 0 Å². The second-order valence-electron chi connectivity index (χ2n) is 7.18. The van der Waals surface area contributed by atoms with Crippen LogP contribution in [0.25, 0.3) is 10.9 Å². The first kappa shape index (κ1) is 16.3. The van der Waals surface area contributed by atoms with Crippen LogP contribution in [0.15, 0.2) is 29.3 Å². The van der Waals surface area contributed by atoms with Crippen molar-refractivity contribution in [1.29, 1.82) is 0 Å². The van der Waals surface area contributed by atoms with Crippen molar-refractivity contribution in [1.82, 2.24) is 20.2 Å². The van der Waals surface area contributed by atoms with Crippen LogP contribution >= 0.6 is 0 Å². The van der Waals surface area contributed by atoms with E-state index < -0.39 is 0 Å². The van der Waals surface area contributed by atoms with Crippen LogP contribution in [0.3, 0.4) is 0 Å². The number of hydrogen-bond acceptors (Lipinski definition) is 6. The Morgan fingerprint density at radius 1 is 1.16 bits per heavy atom. The quantitative estimate of drug-likeness (QED) is 0.881. The SMILES string of the molecule is Cc1nc(NC2=NCN([C@@H]3CCCC[C@@H]3C)CN2)nc2ccccc12. The van der Waals surface area contributed by atoms with Gasteiger partial charge in [0.25, 0.3) is 0 Å². The Kier molecular flexibility index (Phi) is 4.53. The van der Waals surface area contributed by atoms with E-state index in [0.717, 1.165) is 41.8 Å². The summed E-state index contributed by atoms with van der Waals surface area (Å²) in [6.45, 7) is 5.94. The number of anilines is 1. The Labute approximate surface area is 148 Å². The molecule has 1 aliphatic carbocycles. The van der Waals surface area contributed by atoms with Gasteiger partial charge >= 0.3 is 0 Å². The van der Waals surface area contributed by atoms with Gasteiger partial charge in [0, 0.05) is 11.4 Å². The van der Waals surface area contributed by atoms with Crippen molar-refractivity contribution in [2.75, 3.05) is 18.7 Å². The molecule has 2 aromatic rings. The van der Waals surface area contributed by atoms with E-state index in [4.69, 9.17) is 0 Å². The third-order valence-electron chi connectivity index (χ3n) is 5.42. The molecule has 1 aromatic carbocycles. The minimum absolute atomic E-state index is 0.599. The van der Waals surface area contributed by atoms with Gasteiger partial charge in [-0.2, -0.15) is 0 Å². The summed E-state index contributed by atoms with van der Waals surface area (Å²) in [6.07, 6.45) is 5.33. The van der Waals surface area contributed by atoms with E-state index in [2.05, 4.69) is 37.4 Å². The van der Waals surface area contributed by atoms with Crippen molar-refractivity contribution in [3.05, 3.63) is 30.0 Å². The van der Waals surface area contributed by atoms with E-state index in [9.17, 15) is 0 Å². The van der Waals surface area contributed by atoms with Crippen molar-refractivity contribution < 1.29 is 0 Å². The predicted molar refractivity (Wildman–Crippen MR) is 101 cm³/mol. The first-order chi connectivity index (χ1) is 12.2. The van der Waals surface area contributed by atoms with Crippen LogP contribution in [0.1, 0.15) is 38.3 Å². The minimum atomic E-state index is 0.599. The highest BCUT2D eigenvalue weighted by molar-refractivity contribution is 5.93. The monoisotopic (exact) mass is 338 g/mol. The fourth-order valence-electron chi connectivity index (χ4n) is 3.99. The summed E-state index contributed by atoms with van der Waals surface area (Å²) in [6, 6.07) is 8.72. The number of para-hydroxylation sites is 1. The summed E-state index contributed by atoms with van der Waals surface area (Å²) < 4.78 is 0. The second kappa shape index (κ2) is 6.96. The molecule has 6 nitrogen and oxygen atoms in total. The summed E-state index contributed by atoms with van der Waals surface area (Å²) in [7, 11) is 0. The molecule has 0 radical (unpaired) electrons. The maximum absolute atomic E-state index is 4.67. The lowest BCUT2D eigenvalue weighted by Crippen LogP contribution is -2.52. The molecule has 25 heavy (non-hydrogen) atoms. The Hall–Kier alpha value is -2.21. The Morgan fingerprint density at radius 2 is 2.00 bits per heavy atom. The molecule has 2 heterocycles. The van der Waals surface area contributed by atoms with Gasteiger partial charge in [0.1, 0.15) is 0 Å². The van der Waals surface area contributed by atoms with Crippen LogP contribution in [-0.4, -0.2) is 40.2 Å². The molecule has 0 bridgehead atoms. The normalized spacial score (nSPS) is 24.6. The number of aryl methyl sites for hydroxylation is 1. The second-order valence-corrected chi connectivity index (χ2v) is 7.18. The number of aromatic nitrogens is 2. The van der Waals surface area contributed by atoms with Crippen LogP contribution < -0.4 is 10.6 Å². The van der Waals surface area contributed by atoms with Gasteiger partial charge in [-0.3, -0.25) is 10.2 Å². The highest BCUT2D eigenvalue weighted by atomic mass is 15.4. The molecular formula is C19H26N6. The van der Waals surface area contributed by atoms with Crippen LogP contribution in [0.2, 0.25) is 0 Å². The Balaban J connectivity index is 1.45. The molecule has 1 saturated carbocycles. The lowest BCUT2D eigenvalue weighted by Gasteiger charge is -2.39. The Bertz CT molecular complexity index is 787. The third kappa shape index (κ3) is 3.44. The number of nitrogens with one attached hydrogen (secondary N) is 2. The van der Waals surface area contributed by atoms with Gasteiger partial charge in [0.15, 0.2) is 0 Å². The molecule has 0 unspecified atom stereocenters. The zero-order valence-corrected chi connectivity index (χ0v) is 15.0.